The maximum atomic E-state index is 6.03. The molecule has 1 saturated carbocycles. The fourth-order valence-electron chi connectivity index (χ4n) is 2.74. The number of hydrogen-bond donors (Lipinski definition) is 1. The molecule has 0 saturated heterocycles. The first kappa shape index (κ1) is 12.4. The summed E-state index contributed by atoms with van der Waals surface area (Å²) in [6.07, 6.45) is 4.89. The first-order chi connectivity index (χ1) is 8.27. The van der Waals surface area contributed by atoms with E-state index in [0.717, 1.165) is 24.7 Å². The van der Waals surface area contributed by atoms with E-state index < -0.39 is 0 Å². The first-order valence-corrected chi connectivity index (χ1v) is 6.71. The van der Waals surface area contributed by atoms with Crippen LogP contribution in [0, 0.1) is 11.8 Å². The van der Waals surface area contributed by atoms with Gasteiger partial charge in [0.25, 0.3) is 0 Å². The van der Waals surface area contributed by atoms with Crippen LogP contribution in [0.25, 0.3) is 0 Å². The van der Waals surface area contributed by atoms with E-state index in [2.05, 4.69) is 6.92 Å². The Kier molecular flexibility index (Phi) is 4.43. The molecule has 0 spiro atoms. The minimum absolute atomic E-state index is 0.426. The van der Waals surface area contributed by atoms with Crippen LogP contribution >= 0.6 is 0 Å². The lowest BCUT2D eigenvalue weighted by atomic mass is 9.92. The Balaban J connectivity index is 1.64. The lowest BCUT2D eigenvalue weighted by Gasteiger charge is -2.17. The summed E-state index contributed by atoms with van der Waals surface area (Å²) in [5.74, 6) is 2.47. The zero-order valence-electron chi connectivity index (χ0n) is 10.6. The predicted octanol–water partition coefficient (Wildman–Crippen LogP) is 3.22. The molecule has 2 rings (SSSR count). The van der Waals surface area contributed by atoms with Crippen molar-refractivity contribution < 1.29 is 4.74 Å². The SMILES string of the molecule is CC1C(N)CCC1CCCOc1ccccc1. The molecule has 1 aliphatic carbocycles. The number of rotatable bonds is 5. The summed E-state index contributed by atoms with van der Waals surface area (Å²) >= 11 is 0. The average molecular weight is 233 g/mol. The molecule has 2 heteroatoms. The Hall–Kier alpha value is -1.02. The van der Waals surface area contributed by atoms with Crippen molar-refractivity contribution in [3.63, 3.8) is 0 Å². The molecule has 1 aliphatic rings. The number of benzene rings is 1. The average Bonchev–Trinajstić information content (AvgIpc) is 2.67. The van der Waals surface area contributed by atoms with Gasteiger partial charge in [0.1, 0.15) is 5.75 Å². The molecular weight excluding hydrogens is 210 g/mol. The van der Waals surface area contributed by atoms with E-state index in [9.17, 15) is 0 Å². The molecular formula is C15H23NO. The second-order valence-corrected chi connectivity index (χ2v) is 5.16. The van der Waals surface area contributed by atoms with E-state index in [1.54, 1.807) is 0 Å². The van der Waals surface area contributed by atoms with Crippen molar-refractivity contribution in [2.75, 3.05) is 6.61 Å². The molecule has 0 heterocycles. The van der Waals surface area contributed by atoms with Gasteiger partial charge in [-0.15, -0.1) is 0 Å². The lowest BCUT2D eigenvalue weighted by Crippen LogP contribution is -2.25. The van der Waals surface area contributed by atoms with Crippen LogP contribution < -0.4 is 10.5 Å². The summed E-state index contributed by atoms with van der Waals surface area (Å²) in [6.45, 7) is 3.11. The second-order valence-electron chi connectivity index (χ2n) is 5.16. The molecule has 0 amide bonds. The lowest BCUT2D eigenvalue weighted by molar-refractivity contribution is 0.276. The highest BCUT2D eigenvalue weighted by molar-refractivity contribution is 5.20. The van der Waals surface area contributed by atoms with Crippen LogP contribution in [0.5, 0.6) is 5.75 Å². The molecule has 2 nitrogen and oxygen atoms in total. The Morgan fingerprint density at radius 1 is 1.24 bits per heavy atom. The molecule has 3 atom stereocenters. The largest absolute Gasteiger partial charge is 0.494 e. The van der Waals surface area contributed by atoms with Gasteiger partial charge in [-0.05, 0) is 49.7 Å². The molecule has 0 bridgehead atoms. The van der Waals surface area contributed by atoms with Gasteiger partial charge in [-0.2, -0.15) is 0 Å². The summed E-state index contributed by atoms with van der Waals surface area (Å²) in [4.78, 5) is 0. The fraction of sp³-hybridized carbons (Fsp3) is 0.600. The van der Waals surface area contributed by atoms with Crippen LogP contribution in [0.1, 0.15) is 32.6 Å². The van der Waals surface area contributed by atoms with Crippen molar-refractivity contribution >= 4 is 0 Å². The quantitative estimate of drug-likeness (QED) is 0.792. The standard InChI is InChI=1S/C15H23NO/c1-12-13(9-10-15(12)16)6-5-11-17-14-7-3-2-4-8-14/h2-4,7-8,12-13,15H,5-6,9-11,16H2,1H3. The van der Waals surface area contributed by atoms with Crippen LogP contribution in [-0.2, 0) is 0 Å². The monoisotopic (exact) mass is 233 g/mol. The molecule has 1 aromatic rings. The molecule has 2 N–H and O–H groups in total. The maximum Gasteiger partial charge on any atom is 0.119 e. The van der Waals surface area contributed by atoms with Crippen molar-refractivity contribution in [1.82, 2.24) is 0 Å². The van der Waals surface area contributed by atoms with Gasteiger partial charge in [0, 0.05) is 6.04 Å². The topological polar surface area (TPSA) is 35.2 Å². The Bertz CT molecular complexity index is 325. The number of para-hydroxylation sites is 1. The van der Waals surface area contributed by atoms with Crippen molar-refractivity contribution in [2.45, 2.75) is 38.6 Å². The van der Waals surface area contributed by atoms with Crippen LogP contribution in [0.4, 0.5) is 0 Å². The van der Waals surface area contributed by atoms with E-state index in [1.807, 2.05) is 30.3 Å². The number of hydrogen-bond acceptors (Lipinski definition) is 2. The summed E-state index contributed by atoms with van der Waals surface area (Å²) in [5, 5.41) is 0. The molecule has 3 unspecified atom stereocenters. The maximum absolute atomic E-state index is 6.03. The minimum Gasteiger partial charge on any atom is -0.494 e. The van der Waals surface area contributed by atoms with Gasteiger partial charge in [0.05, 0.1) is 6.61 Å². The van der Waals surface area contributed by atoms with Crippen LogP contribution in [0.15, 0.2) is 30.3 Å². The molecule has 0 radical (unpaired) electrons. The van der Waals surface area contributed by atoms with Crippen LogP contribution in [0.2, 0.25) is 0 Å². The molecule has 1 fully saturated rings. The number of ether oxygens (including phenoxy) is 1. The zero-order chi connectivity index (χ0) is 12.1. The van der Waals surface area contributed by atoms with Gasteiger partial charge in [-0.1, -0.05) is 25.1 Å². The molecule has 0 aromatic heterocycles. The van der Waals surface area contributed by atoms with Gasteiger partial charge < -0.3 is 10.5 Å². The van der Waals surface area contributed by atoms with Gasteiger partial charge >= 0.3 is 0 Å². The van der Waals surface area contributed by atoms with Gasteiger partial charge in [0.15, 0.2) is 0 Å². The fourth-order valence-corrected chi connectivity index (χ4v) is 2.74. The summed E-state index contributed by atoms with van der Waals surface area (Å²) < 4.78 is 5.70. The molecule has 1 aromatic carbocycles. The predicted molar refractivity (Wildman–Crippen MR) is 71.0 cm³/mol. The van der Waals surface area contributed by atoms with Crippen LogP contribution in [0.3, 0.4) is 0 Å². The Morgan fingerprint density at radius 2 is 2.00 bits per heavy atom. The van der Waals surface area contributed by atoms with E-state index in [4.69, 9.17) is 10.5 Å². The van der Waals surface area contributed by atoms with E-state index in [-0.39, 0.29) is 0 Å². The molecule has 94 valence electrons. The first-order valence-electron chi connectivity index (χ1n) is 6.71. The highest BCUT2D eigenvalue weighted by Gasteiger charge is 2.29. The van der Waals surface area contributed by atoms with Crippen molar-refractivity contribution in [1.29, 1.82) is 0 Å². The third-order valence-corrected chi connectivity index (χ3v) is 4.02. The summed E-state index contributed by atoms with van der Waals surface area (Å²) in [7, 11) is 0. The number of nitrogens with two attached hydrogens (primary N) is 1. The normalized spacial score (nSPS) is 28.2. The Morgan fingerprint density at radius 3 is 2.65 bits per heavy atom. The third kappa shape index (κ3) is 3.47. The Labute approximate surface area is 104 Å². The zero-order valence-corrected chi connectivity index (χ0v) is 10.6. The minimum atomic E-state index is 0.426. The van der Waals surface area contributed by atoms with Crippen molar-refractivity contribution in [3.05, 3.63) is 30.3 Å². The smallest absolute Gasteiger partial charge is 0.119 e. The second kappa shape index (κ2) is 6.06. The van der Waals surface area contributed by atoms with Gasteiger partial charge in [0.2, 0.25) is 0 Å². The summed E-state index contributed by atoms with van der Waals surface area (Å²) in [5.41, 5.74) is 6.03. The summed E-state index contributed by atoms with van der Waals surface area (Å²) in [6, 6.07) is 10.5. The van der Waals surface area contributed by atoms with E-state index in [1.165, 1.54) is 19.3 Å². The van der Waals surface area contributed by atoms with Crippen molar-refractivity contribution in [3.8, 4) is 5.75 Å². The van der Waals surface area contributed by atoms with E-state index in [0.29, 0.717) is 12.0 Å². The van der Waals surface area contributed by atoms with Gasteiger partial charge in [-0.3, -0.25) is 0 Å². The highest BCUT2D eigenvalue weighted by Crippen LogP contribution is 2.33. The van der Waals surface area contributed by atoms with E-state index >= 15 is 0 Å². The molecule has 0 aliphatic heterocycles. The highest BCUT2D eigenvalue weighted by atomic mass is 16.5. The van der Waals surface area contributed by atoms with Crippen molar-refractivity contribution in [2.24, 2.45) is 17.6 Å². The molecule has 17 heavy (non-hydrogen) atoms. The third-order valence-electron chi connectivity index (χ3n) is 4.02. The van der Waals surface area contributed by atoms with Crippen LogP contribution in [-0.4, -0.2) is 12.6 Å². The van der Waals surface area contributed by atoms with Gasteiger partial charge in [-0.25, -0.2) is 0 Å².